The highest BCUT2D eigenvalue weighted by Gasteiger charge is 2.30. The van der Waals surface area contributed by atoms with E-state index < -0.39 is 0 Å². The van der Waals surface area contributed by atoms with Crippen LogP contribution in [0, 0.1) is 11.8 Å². The predicted octanol–water partition coefficient (Wildman–Crippen LogP) is 5.28. The second-order valence-corrected chi connectivity index (χ2v) is 6.68. The smallest absolute Gasteiger partial charge is 0.0616 e. The molecule has 2 aliphatic rings. The Labute approximate surface area is 116 Å². The van der Waals surface area contributed by atoms with Crippen molar-refractivity contribution in [3.05, 3.63) is 34.9 Å². The van der Waals surface area contributed by atoms with Crippen molar-refractivity contribution in [1.29, 1.82) is 0 Å². The quantitative estimate of drug-likeness (QED) is 0.636. The minimum absolute atomic E-state index is 0.231. The monoisotopic (exact) mass is 262 g/mol. The topological polar surface area (TPSA) is 0 Å². The summed E-state index contributed by atoms with van der Waals surface area (Å²) >= 11 is 6.75. The second-order valence-electron chi connectivity index (χ2n) is 6.21. The molecule has 0 saturated heterocycles. The molecular weight excluding hydrogens is 240 g/mol. The Balaban J connectivity index is 1.83. The summed E-state index contributed by atoms with van der Waals surface area (Å²) in [4.78, 5) is 0. The van der Waals surface area contributed by atoms with Gasteiger partial charge in [0.05, 0.1) is 5.38 Å². The van der Waals surface area contributed by atoms with Crippen LogP contribution in [0.5, 0.6) is 0 Å². The second kappa shape index (κ2) is 5.25. The van der Waals surface area contributed by atoms with Crippen molar-refractivity contribution in [3.8, 4) is 0 Å². The van der Waals surface area contributed by atoms with Gasteiger partial charge in [-0.3, -0.25) is 0 Å². The van der Waals surface area contributed by atoms with Crippen LogP contribution in [0.3, 0.4) is 0 Å². The molecule has 1 saturated carbocycles. The summed E-state index contributed by atoms with van der Waals surface area (Å²) in [7, 11) is 0. The van der Waals surface area contributed by atoms with E-state index in [1.807, 2.05) is 0 Å². The fraction of sp³-hybridized carbons (Fsp3) is 0.647. The first-order valence-corrected chi connectivity index (χ1v) is 7.95. The van der Waals surface area contributed by atoms with Gasteiger partial charge in [-0.25, -0.2) is 0 Å². The highest BCUT2D eigenvalue weighted by Crippen LogP contribution is 2.44. The van der Waals surface area contributed by atoms with Gasteiger partial charge in [-0.05, 0) is 60.6 Å². The molecule has 3 unspecified atom stereocenters. The summed E-state index contributed by atoms with van der Waals surface area (Å²) in [6, 6.07) is 7.02. The maximum Gasteiger partial charge on any atom is 0.0616 e. The molecule has 0 N–H and O–H groups in total. The number of halogens is 1. The Morgan fingerprint density at radius 2 is 1.83 bits per heavy atom. The molecule has 3 rings (SSSR count). The minimum atomic E-state index is 0.231. The molecule has 1 aromatic carbocycles. The molecule has 0 radical (unpaired) electrons. The third-order valence-electron chi connectivity index (χ3n) is 4.99. The Hall–Kier alpha value is -0.490. The van der Waals surface area contributed by atoms with Gasteiger partial charge in [0.2, 0.25) is 0 Å². The maximum atomic E-state index is 6.75. The zero-order valence-corrected chi connectivity index (χ0v) is 12.0. The summed E-state index contributed by atoms with van der Waals surface area (Å²) in [5.41, 5.74) is 4.50. The molecule has 3 atom stereocenters. The van der Waals surface area contributed by atoms with Gasteiger partial charge >= 0.3 is 0 Å². The number of fused-ring (bicyclic) bond motifs is 1. The Morgan fingerprint density at radius 1 is 1.06 bits per heavy atom. The molecule has 1 heteroatoms. The van der Waals surface area contributed by atoms with E-state index in [0.29, 0.717) is 5.92 Å². The Morgan fingerprint density at radius 3 is 2.56 bits per heavy atom. The highest BCUT2D eigenvalue weighted by atomic mass is 35.5. The lowest BCUT2D eigenvalue weighted by atomic mass is 9.86. The average Bonchev–Trinajstić information content (AvgIpc) is 2.83. The molecule has 1 fully saturated rings. The zero-order chi connectivity index (χ0) is 12.5. The number of hydrogen-bond acceptors (Lipinski definition) is 0. The Bertz CT molecular complexity index is 424. The lowest BCUT2D eigenvalue weighted by Gasteiger charge is -2.24. The summed E-state index contributed by atoms with van der Waals surface area (Å²) in [6.45, 7) is 2.37. The van der Waals surface area contributed by atoms with Crippen molar-refractivity contribution in [2.24, 2.45) is 11.8 Å². The van der Waals surface area contributed by atoms with Crippen LogP contribution < -0.4 is 0 Å². The summed E-state index contributed by atoms with van der Waals surface area (Å²) in [5, 5.41) is 0.231. The van der Waals surface area contributed by atoms with Gasteiger partial charge in [0, 0.05) is 0 Å². The standard InChI is InChI=1S/C17H23Cl/c1-12-5-4-8-16(12)17(18)15-10-9-13-6-2-3-7-14(13)11-15/h9-12,16-17H,2-8H2,1H3. The SMILES string of the molecule is CC1CCCC1C(Cl)c1ccc2c(c1)CCCC2. The molecule has 0 spiro atoms. The summed E-state index contributed by atoms with van der Waals surface area (Å²) in [6.07, 6.45) is 9.26. The molecule has 1 aromatic rings. The molecule has 0 heterocycles. The van der Waals surface area contributed by atoms with E-state index in [2.05, 4.69) is 25.1 Å². The fourth-order valence-electron chi connectivity index (χ4n) is 3.78. The molecule has 0 aliphatic heterocycles. The number of rotatable bonds is 2. The van der Waals surface area contributed by atoms with Crippen molar-refractivity contribution < 1.29 is 0 Å². The van der Waals surface area contributed by atoms with Crippen molar-refractivity contribution in [1.82, 2.24) is 0 Å². The minimum Gasteiger partial charge on any atom is -0.118 e. The average molecular weight is 263 g/mol. The first kappa shape index (κ1) is 12.5. The van der Waals surface area contributed by atoms with Crippen LogP contribution in [0.2, 0.25) is 0 Å². The van der Waals surface area contributed by atoms with Gasteiger partial charge in [0.25, 0.3) is 0 Å². The van der Waals surface area contributed by atoms with Crippen LogP contribution in [0.4, 0.5) is 0 Å². The summed E-state index contributed by atoms with van der Waals surface area (Å²) < 4.78 is 0. The Kier molecular flexibility index (Phi) is 3.66. The first-order chi connectivity index (χ1) is 8.75. The van der Waals surface area contributed by atoms with Gasteiger partial charge in [0.1, 0.15) is 0 Å². The largest absolute Gasteiger partial charge is 0.118 e. The van der Waals surface area contributed by atoms with E-state index in [0.717, 1.165) is 5.92 Å². The van der Waals surface area contributed by atoms with Gasteiger partial charge in [-0.15, -0.1) is 11.6 Å². The van der Waals surface area contributed by atoms with Crippen LogP contribution in [0.1, 0.15) is 61.1 Å². The normalized spacial score (nSPS) is 29.0. The van der Waals surface area contributed by atoms with Gasteiger partial charge < -0.3 is 0 Å². The van der Waals surface area contributed by atoms with E-state index in [1.54, 1.807) is 11.1 Å². The number of aryl methyl sites for hydroxylation is 2. The maximum absolute atomic E-state index is 6.75. The van der Waals surface area contributed by atoms with E-state index in [1.165, 1.54) is 50.5 Å². The first-order valence-electron chi connectivity index (χ1n) is 7.51. The molecule has 0 nitrogen and oxygen atoms in total. The fourth-order valence-corrected chi connectivity index (χ4v) is 4.29. The predicted molar refractivity (Wildman–Crippen MR) is 78.2 cm³/mol. The van der Waals surface area contributed by atoms with Crippen LogP contribution in [-0.4, -0.2) is 0 Å². The summed E-state index contributed by atoms with van der Waals surface area (Å²) in [5.74, 6) is 1.48. The van der Waals surface area contributed by atoms with Crippen molar-refractivity contribution in [3.63, 3.8) is 0 Å². The van der Waals surface area contributed by atoms with Gasteiger partial charge in [-0.1, -0.05) is 38.0 Å². The molecule has 98 valence electrons. The van der Waals surface area contributed by atoms with Crippen LogP contribution in [-0.2, 0) is 12.8 Å². The van der Waals surface area contributed by atoms with Crippen LogP contribution in [0.15, 0.2) is 18.2 Å². The lowest BCUT2D eigenvalue weighted by molar-refractivity contribution is 0.405. The highest BCUT2D eigenvalue weighted by molar-refractivity contribution is 6.21. The molecule has 18 heavy (non-hydrogen) atoms. The molecule has 0 aromatic heterocycles. The number of alkyl halides is 1. The number of benzene rings is 1. The van der Waals surface area contributed by atoms with Crippen molar-refractivity contribution in [2.45, 2.75) is 57.2 Å². The van der Waals surface area contributed by atoms with E-state index in [-0.39, 0.29) is 5.38 Å². The zero-order valence-electron chi connectivity index (χ0n) is 11.3. The van der Waals surface area contributed by atoms with Crippen molar-refractivity contribution in [2.75, 3.05) is 0 Å². The van der Waals surface area contributed by atoms with Crippen molar-refractivity contribution >= 4 is 11.6 Å². The van der Waals surface area contributed by atoms with E-state index >= 15 is 0 Å². The van der Waals surface area contributed by atoms with Crippen LogP contribution in [0.25, 0.3) is 0 Å². The van der Waals surface area contributed by atoms with Gasteiger partial charge in [0.15, 0.2) is 0 Å². The van der Waals surface area contributed by atoms with Gasteiger partial charge in [-0.2, -0.15) is 0 Å². The molecular formula is C17H23Cl. The molecule has 0 amide bonds. The van der Waals surface area contributed by atoms with E-state index in [4.69, 9.17) is 11.6 Å². The van der Waals surface area contributed by atoms with Crippen LogP contribution >= 0.6 is 11.6 Å². The van der Waals surface area contributed by atoms with E-state index in [9.17, 15) is 0 Å². The third-order valence-corrected chi connectivity index (χ3v) is 5.57. The molecule has 0 bridgehead atoms. The molecule has 2 aliphatic carbocycles. The number of hydrogen-bond donors (Lipinski definition) is 0. The third kappa shape index (κ3) is 2.32. The lowest BCUT2D eigenvalue weighted by Crippen LogP contribution is -2.12.